The number of aryl methyl sites for hydroxylation is 3. The van der Waals surface area contributed by atoms with E-state index in [2.05, 4.69) is 55.1 Å². The first-order chi connectivity index (χ1) is 14.8. The van der Waals surface area contributed by atoms with Crippen molar-refractivity contribution < 1.29 is 11.7 Å². The lowest BCUT2D eigenvalue weighted by Gasteiger charge is -2.07. The molecule has 0 aliphatic rings. The molecule has 5 rings (SSSR count). The van der Waals surface area contributed by atoms with Crippen LogP contribution in [0.15, 0.2) is 83.4 Å². The summed E-state index contributed by atoms with van der Waals surface area (Å²) in [4.78, 5) is 0. The Morgan fingerprint density at radius 1 is 0.862 bits per heavy atom. The Bertz CT molecular complexity index is 1430. The fraction of sp³-hybridized carbons (Fsp3) is 0.148. The monoisotopic (exact) mass is 380 g/mol. The van der Waals surface area contributed by atoms with Crippen molar-refractivity contribution in [3.63, 3.8) is 0 Å². The zero-order valence-corrected chi connectivity index (χ0v) is 16.9. The maximum Gasteiger partial charge on any atom is 0.216 e. The molecule has 2 heterocycles. The zero-order chi connectivity index (χ0) is 21.8. The number of hydrogen-bond acceptors (Lipinski definition) is 1. The van der Waals surface area contributed by atoms with E-state index < -0.39 is 6.37 Å². The fourth-order valence-electron chi connectivity index (χ4n) is 4.07. The Hall–Kier alpha value is -3.39. The predicted molar refractivity (Wildman–Crippen MR) is 120 cm³/mol. The Labute approximate surface area is 173 Å². The van der Waals surface area contributed by atoms with Gasteiger partial charge in [-0.25, -0.2) is 4.57 Å². The molecule has 0 bridgehead atoms. The van der Waals surface area contributed by atoms with Crippen LogP contribution >= 0.6 is 0 Å². The molecule has 29 heavy (non-hydrogen) atoms. The second kappa shape index (κ2) is 6.89. The third kappa shape index (κ3) is 2.92. The minimum absolute atomic E-state index is 0.685. The van der Waals surface area contributed by atoms with Crippen molar-refractivity contribution in [2.45, 2.75) is 20.2 Å². The Kier molecular flexibility index (Phi) is 3.69. The molecule has 0 spiro atoms. The van der Waals surface area contributed by atoms with Gasteiger partial charge in [0.25, 0.3) is 0 Å². The van der Waals surface area contributed by atoms with Crippen LogP contribution < -0.4 is 4.57 Å². The van der Waals surface area contributed by atoms with Gasteiger partial charge in [-0.3, -0.25) is 0 Å². The Morgan fingerprint density at radius 2 is 1.62 bits per heavy atom. The van der Waals surface area contributed by atoms with Gasteiger partial charge in [0, 0.05) is 25.1 Å². The number of pyridine rings is 1. The number of rotatable bonds is 3. The lowest BCUT2D eigenvalue weighted by atomic mass is 9.99. The van der Waals surface area contributed by atoms with Crippen molar-refractivity contribution in [1.82, 2.24) is 0 Å². The minimum Gasteiger partial charge on any atom is -0.455 e. The first-order valence-electron chi connectivity index (χ1n) is 10.8. The maximum absolute atomic E-state index is 7.89. The van der Waals surface area contributed by atoms with Crippen molar-refractivity contribution in [3.05, 3.63) is 90.1 Å². The molecule has 0 fully saturated rings. The molecule has 5 aromatic rings. The molecule has 0 unspecified atom stereocenters. The number of nitrogens with zero attached hydrogens (tertiary/aromatic N) is 1. The quantitative estimate of drug-likeness (QED) is 0.322. The normalized spacial score (nSPS) is 12.9. The molecule has 2 aromatic heterocycles. The van der Waals surface area contributed by atoms with E-state index in [1.807, 2.05) is 42.5 Å². The van der Waals surface area contributed by atoms with Gasteiger partial charge in [-0.2, -0.15) is 0 Å². The third-order valence-electron chi connectivity index (χ3n) is 5.65. The van der Waals surface area contributed by atoms with Gasteiger partial charge in [-0.1, -0.05) is 61.5 Å². The summed E-state index contributed by atoms with van der Waals surface area (Å²) in [5.74, 6) is 0. The summed E-state index contributed by atoms with van der Waals surface area (Å²) in [6.45, 7) is 3.70. The van der Waals surface area contributed by atoms with E-state index in [1.54, 1.807) is 6.92 Å². The molecule has 0 amide bonds. The van der Waals surface area contributed by atoms with Crippen LogP contribution in [0.3, 0.4) is 0 Å². The highest BCUT2D eigenvalue weighted by atomic mass is 16.3. The van der Waals surface area contributed by atoms with Crippen LogP contribution in [0.5, 0.6) is 0 Å². The average Bonchev–Trinajstić information content (AvgIpc) is 3.12. The van der Waals surface area contributed by atoms with Gasteiger partial charge in [0.2, 0.25) is 5.69 Å². The first kappa shape index (κ1) is 15.5. The second-order valence-electron chi connectivity index (χ2n) is 7.47. The molecule has 0 radical (unpaired) electrons. The number of benzene rings is 3. The molecule has 0 atom stereocenters. The zero-order valence-electron chi connectivity index (χ0n) is 18.9. The van der Waals surface area contributed by atoms with Gasteiger partial charge < -0.3 is 4.42 Å². The van der Waals surface area contributed by atoms with Gasteiger partial charge in [0.15, 0.2) is 6.20 Å². The van der Waals surface area contributed by atoms with Gasteiger partial charge in [-0.15, -0.1) is 0 Å². The smallest absolute Gasteiger partial charge is 0.216 e. The second-order valence-corrected chi connectivity index (χ2v) is 7.47. The van der Waals surface area contributed by atoms with Gasteiger partial charge in [0.1, 0.15) is 18.2 Å². The van der Waals surface area contributed by atoms with E-state index in [9.17, 15) is 0 Å². The number of aromatic nitrogens is 1. The highest BCUT2D eigenvalue weighted by Gasteiger charge is 2.20. The summed E-state index contributed by atoms with van der Waals surface area (Å²) < 4.78 is 24.2. The number of fused-ring (bicyclic) bond motifs is 3. The molecule has 142 valence electrons. The van der Waals surface area contributed by atoms with Crippen LogP contribution in [0.25, 0.3) is 44.3 Å². The lowest BCUT2D eigenvalue weighted by molar-refractivity contribution is -0.659. The number of furan rings is 1. The standard InChI is InChI=1S/C27H24NO/c1-4-19-10-12-20(13-11-19)21-14-16-24(28(3)17-21)26-18(2)9-15-23-22-7-5-6-8-25(22)29-27(23)26/h5-17H,4H2,1-3H3/q+1/i4D2. The van der Waals surface area contributed by atoms with Crippen molar-refractivity contribution in [3.8, 4) is 22.4 Å². The van der Waals surface area contributed by atoms with Gasteiger partial charge in [0.05, 0.1) is 5.56 Å². The number of para-hydroxylation sites is 1. The maximum atomic E-state index is 7.89. The molecule has 0 aliphatic carbocycles. The van der Waals surface area contributed by atoms with E-state index in [0.29, 0.717) is 5.56 Å². The van der Waals surface area contributed by atoms with Crippen molar-refractivity contribution in [1.29, 1.82) is 0 Å². The number of hydrogen-bond donors (Lipinski definition) is 0. The highest BCUT2D eigenvalue weighted by molar-refractivity contribution is 6.09. The summed E-state index contributed by atoms with van der Waals surface area (Å²) in [5.41, 5.74) is 8.02. The average molecular weight is 381 g/mol. The Balaban J connectivity index is 1.62. The highest BCUT2D eigenvalue weighted by Crippen LogP contribution is 2.37. The van der Waals surface area contributed by atoms with Crippen LogP contribution in [-0.2, 0) is 13.4 Å². The first-order valence-corrected chi connectivity index (χ1v) is 9.85. The van der Waals surface area contributed by atoms with E-state index in [-0.39, 0.29) is 0 Å². The van der Waals surface area contributed by atoms with Gasteiger partial charge in [-0.05, 0) is 42.1 Å². The van der Waals surface area contributed by atoms with Crippen LogP contribution in [0.2, 0.25) is 0 Å². The SMILES string of the molecule is [2H]C([2H])(C)c1ccc(-c2ccc(-c3c(C)ccc4c3oc3ccccc34)[n+](C)c2)cc1. The van der Waals surface area contributed by atoms with E-state index in [4.69, 9.17) is 7.16 Å². The van der Waals surface area contributed by atoms with Crippen molar-refractivity contribution >= 4 is 21.9 Å². The molecule has 0 saturated carbocycles. The van der Waals surface area contributed by atoms with E-state index in [0.717, 1.165) is 44.3 Å². The summed E-state index contributed by atoms with van der Waals surface area (Å²) in [5, 5.41) is 2.26. The van der Waals surface area contributed by atoms with Crippen LogP contribution in [0.4, 0.5) is 0 Å². The topological polar surface area (TPSA) is 17.0 Å². The fourth-order valence-corrected chi connectivity index (χ4v) is 4.07. The lowest BCUT2D eigenvalue weighted by Crippen LogP contribution is -2.31. The summed E-state index contributed by atoms with van der Waals surface area (Å²) >= 11 is 0. The summed E-state index contributed by atoms with van der Waals surface area (Å²) in [6.07, 6.45) is 0.779. The molecule has 2 nitrogen and oxygen atoms in total. The molecule has 3 aromatic carbocycles. The van der Waals surface area contributed by atoms with Crippen LogP contribution in [0, 0.1) is 6.92 Å². The molecular weight excluding hydrogens is 354 g/mol. The molecule has 0 saturated heterocycles. The summed E-state index contributed by atoms with van der Waals surface area (Å²) in [6, 6.07) is 24.4. The van der Waals surface area contributed by atoms with Gasteiger partial charge >= 0.3 is 0 Å². The minimum atomic E-state index is -1.34. The van der Waals surface area contributed by atoms with Crippen molar-refractivity contribution in [2.75, 3.05) is 0 Å². The predicted octanol–water partition coefficient (Wildman–Crippen LogP) is 6.62. The van der Waals surface area contributed by atoms with Crippen molar-refractivity contribution in [2.24, 2.45) is 7.05 Å². The molecular formula is C27H24NO+. The molecule has 0 N–H and O–H groups in total. The van der Waals surface area contributed by atoms with Crippen LogP contribution in [0.1, 0.15) is 20.8 Å². The Morgan fingerprint density at radius 3 is 2.38 bits per heavy atom. The molecule has 2 heteroatoms. The summed E-state index contributed by atoms with van der Waals surface area (Å²) in [7, 11) is 2.05. The van der Waals surface area contributed by atoms with E-state index in [1.165, 1.54) is 5.56 Å². The van der Waals surface area contributed by atoms with Crippen LogP contribution in [-0.4, -0.2) is 0 Å². The molecule has 0 aliphatic heterocycles. The van der Waals surface area contributed by atoms with E-state index >= 15 is 0 Å². The third-order valence-corrected chi connectivity index (χ3v) is 5.65. The largest absolute Gasteiger partial charge is 0.455 e.